The normalized spacial score (nSPS) is 9.79. The second-order valence-corrected chi connectivity index (χ2v) is 3.41. The fraction of sp³-hybridized carbons (Fsp3) is 0.300. The molecule has 0 fully saturated rings. The van der Waals surface area contributed by atoms with Crippen LogP contribution in [-0.4, -0.2) is 21.2 Å². The second kappa shape index (κ2) is 5.54. The molecule has 0 aliphatic carbocycles. The van der Waals surface area contributed by atoms with Crippen molar-refractivity contribution in [3.63, 3.8) is 0 Å². The molecule has 0 saturated carbocycles. The Labute approximate surface area is 88.4 Å². The van der Waals surface area contributed by atoms with Crippen LogP contribution in [0, 0.1) is 0 Å². The highest BCUT2D eigenvalue weighted by atomic mass is 32.2. The van der Waals surface area contributed by atoms with Gasteiger partial charge in [0.2, 0.25) is 0 Å². The lowest BCUT2D eigenvalue weighted by Gasteiger charge is -2.02. The van der Waals surface area contributed by atoms with Crippen LogP contribution in [0.1, 0.15) is 11.6 Å². The SMILES string of the molecule is C=CCc1nc(CC=C)nc(SC)n1. The van der Waals surface area contributed by atoms with Gasteiger partial charge >= 0.3 is 0 Å². The van der Waals surface area contributed by atoms with E-state index < -0.39 is 0 Å². The zero-order valence-electron chi connectivity index (χ0n) is 8.23. The van der Waals surface area contributed by atoms with Crippen LogP contribution in [0.25, 0.3) is 0 Å². The first-order valence-electron chi connectivity index (χ1n) is 4.29. The highest BCUT2D eigenvalue weighted by Crippen LogP contribution is 2.09. The molecule has 3 nitrogen and oxygen atoms in total. The molecule has 0 saturated heterocycles. The first-order chi connectivity index (χ1) is 6.80. The van der Waals surface area contributed by atoms with Crippen molar-refractivity contribution in [2.45, 2.75) is 18.0 Å². The molecular formula is C10H13N3S. The van der Waals surface area contributed by atoms with E-state index in [9.17, 15) is 0 Å². The Kier molecular flexibility index (Phi) is 4.32. The number of hydrogen-bond donors (Lipinski definition) is 0. The maximum absolute atomic E-state index is 4.28. The Balaban J connectivity index is 2.99. The Hall–Kier alpha value is -1.16. The molecule has 4 heteroatoms. The zero-order chi connectivity index (χ0) is 10.4. The van der Waals surface area contributed by atoms with Crippen molar-refractivity contribution < 1.29 is 0 Å². The van der Waals surface area contributed by atoms with Gasteiger partial charge in [0.1, 0.15) is 11.6 Å². The summed E-state index contributed by atoms with van der Waals surface area (Å²) in [5.41, 5.74) is 0. The average molecular weight is 207 g/mol. The molecule has 1 rings (SSSR count). The molecule has 0 bridgehead atoms. The minimum Gasteiger partial charge on any atom is -0.217 e. The average Bonchev–Trinajstić information content (AvgIpc) is 2.18. The number of thioether (sulfide) groups is 1. The quantitative estimate of drug-likeness (QED) is 0.547. The molecule has 74 valence electrons. The van der Waals surface area contributed by atoms with E-state index in [1.54, 1.807) is 12.2 Å². The molecule has 0 aliphatic rings. The van der Waals surface area contributed by atoms with Crippen LogP contribution >= 0.6 is 11.8 Å². The highest BCUT2D eigenvalue weighted by molar-refractivity contribution is 7.98. The van der Waals surface area contributed by atoms with Crippen molar-refractivity contribution in [2.24, 2.45) is 0 Å². The van der Waals surface area contributed by atoms with E-state index in [1.807, 2.05) is 6.26 Å². The molecule has 1 aromatic rings. The molecule has 0 atom stereocenters. The van der Waals surface area contributed by atoms with Gasteiger partial charge in [0.05, 0.1) is 0 Å². The molecule has 14 heavy (non-hydrogen) atoms. The lowest BCUT2D eigenvalue weighted by molar-refractivity contribution is 0.784. The van der Waals surface area contributed by atoms with E-state index in [2.05, 4.69) is 28.1 Å². The van der Waals surface area contributed by atoms with E-state index in [0.29, 0.717) is 12.8 Å². The number of allylic oxidation sites excluding steroid dienone is 2. The van der Waals surface area contributed by atoms with Crippen molar-refractivity contribution in [1.82, 2.24) is 15.0 Å². The van der Waals surface area contributed by atoms with Gasteiger partial charge in [0.25, 0.3) is 0 Å². The Morgan fingerprint density at radius 1 is 1.07 bits per heavy atom. The van der Waals surface area contributed by atoms with Crippen molar-refractivity contribution in [3.05, 3.63) is 37.0 Å². The molecule has 1 heterocycles. The van der Waals surface area contributed by atoms with Crippen LogP contribution in [0.2, 0.25) is 0 Å². The van der Waals surface area contributed by atoms with Gasteiger partial charge in [-0.15, -0.1) is 13.2 Å². The number of nitrogens with zero attached hydrogens (tertiary/aromatic N) is 3. The van der Waals surface area contributed by atoms with Crippen molar-refractivity contribution in [1.29, 1.82) is 0 Å². The summed E-state index contributed by atoms with van der Waals surface area (Å²) in [6, 6.07) is 0. The summed E-state index contributed by atoms with van der Waals surface area (Å²) < 4.78 is 0. The van der Waals surface area contributed by atoms with Crippen molar-refractivity contribution in [2.75, 3.05) is 6.26 Å². The van der Waals surface area contributed by atoms with Gasteiger partial charge in [-0.3, -0.25) is 0 Å². The molecule has 0 unspecified atom stereocenters. The minimum absolute atomic E-state index is 0.681. The standard InChI is InChI=1S/C10H13N3S/c1-4-6-8-11-9(7-5-2)13-10(12-8)14-3/h4-5H,1-2,6-7H2,3H3. The Morgan fingerprint density at radius 2 is 1.57 bits per heavy atom. The van der Waals surface area contributed by atoms with E-state index in [1.165, 1.54) is 11.8 Å². The van der Waals surface area contributed by atoms with Gasteiger partial charge in [0.15, 0.2) is 5.16 Å². The molecular weight excluding hydrogens is 194 g/mol. The third kappa shape index (κ3) is 2.96. The molecule has 0 N–H and O–H groups in total. The van der Waals surface area contributed by atoms with E-state index in [-0.39, 0.29) is 0 Å². The summed E-state index contributed by atoms with van der Waals surface area (Å²) in [5.74, 6) is 1.55. The Morgan fingerprint density at radius 3 is 1.93 bits per heavy atom. The number of hydrogen-bond acceptors (Lipinski definition) is 4. The van der Waals surface area contributed by atoms with Crippen LogP contribution in [0.5, 0.6) is 0 Å². The molecule has 0 aromatic carbocycles. The second-order valence-electron chi connectivity index (χ2n) is 2.64. The third-order valence-corrected chi connectivity index (χ3v) is 2.09. The van der Waals surface area contributed by atoms with Crippen molar-refractivity contribution in [3.8, 4) is 0 Å². The lowest BCUT2D eigenvalue weighted by atomic mass is 10.3. The Bertz CT molecular complexity index is 308. The summed E-state index contributed by atoms with van der Waals surface area (Å²) in [6.45, 7) is 7.32. The van der Waals surface area contributed by atoms with E-state index in [0.717, 1.165) is 16.8 Å². The van der Waals surface area contributed by atoms with Gasteiger partial charge in [-0.1, -0.05) is 23.9 Å². The first kappa shape index (κ1) is 10.9. The van der Waals surface area contributed by atoms with Gasteiger partial charge in [0, 0.05) is 12.8 Å². The van der Waals surface area contributed by atoms with Gasteiger partial charge in [-0.25, -0.2) is 15.0 Å². The molecule has 1 aromatic heterocycles. The summed E-state index contributed by atoms with van der Waals surface area (Å²) in [7, 11) is 0. The van der Waals surface area contributed by atoms with Crippen molar-refractivity contribution >= 4 is 11.8 Å². The first-order valence-corrected chi connectivity index (χ1v) is 5.52. The predicted octanol–water partition coefficient (Wildman–Crippen LogP) is 2.05. The van der Waals surface area contributed by atoms with Crippen LogP contribution in [0.4, 0.5) is 0 Å². The minimum atomic E-state index is 0.681. The predicted molar refractivity (Wildman–Crippen MR) is 59.4 cm³/mol. The molecule has 0 aliphatic heterocycles. The zero-order valence-corrected chi connectivity index (χ0v) is 9.05. The third-order valence-electron chi connectivity index (χ3n) is 1.54. The maximum atomic E-state index is 4.28. The summed E-state index contributed by atoms with van der Waals surface area (Å²) in [5, 5.41) is 0.758. The smallest absolute Gasteiger partial charge is 0.190 e. The topological polar surface area (TPSA) is 38.7 Å². The molecule has 0 radical (unpaired) electrons. The van der Waals surface area contributed by atoms with Crippen LogP contribution in [0.3, 0.4) is 0 Å². The van der Waals surface area contributed by atoms with Crippen LogP contribution in [0.15, 0.2) is 30.5 Å². The van der Waals surface area contributed by atoms with Crippen LogP contribution < -0.4 is 0 Å². The maximum Gasteiger partial charge on any atom is 0.190 e. The number of aromatic nitrogens is 3. The molecule has 0 spiro atoms. The summed E-state index contributed by atoms with van der Waals surface area (Å²) >= 11 is 1.52. The largest absolute Gasteiger partial charge is 0.217 e. The van der Waals surface area contributed by atoms with Crippen LogP contribution in [-0.2, 0) is 12.8 Å². The fourth-order valence-corrected chi connectivity index (χ4v) is 1.37. The summed E-state index contributed by atoms with van der Waals surface area (Å²) in [4.78, 5) is 12.8. The highest BCUT2D eigenvalue weighted by Gasteiger charge is 2.02. The summed E-state index contributed by atoms with van der Waals surface area (Å²) in [6.07, 6.45) is 6.89. The van der Waals surface area contributed by atoms with E-state index >= 15 is 0 Å². The fourth-order valence-electron chi connectivity index (χ4n) is 0.977. The lowest BCUT2D eigenvalue weighted by Crippen LogP contribution is -2.03. The van der Waals surface area contributed by atoms with Gasteiger partial charge < -0.3 is 0 Å². The van der Waals surface area contributed by atoms with Gasteiger partial charge in [-0.2, -0.15) is 0 Å². The monoisotopic (exact) mass is 207 g/mol. The molecule has 0 amide bonds. The van der Waals surface area contributed by atoms with E-state index in [4.69, 9.17) is 0 Å². The van der Waals surface area contributed by atoms with Gasteiger partial charge in [-0.05, 0) is 6.26 Å². The number of rotatable bonds is 5.